The molecule has 21 heavy (non-hydrogen) atoms. The standard InChI is InChI=1S/C15H12F3NO2/c16-15(17,18)11-6-7-12(14(20)21)13(8-11)19-9-10-4-2-1-3-5-10/h1-8,19H,9H2,(H,20,21). The predicted molar refractivity (Wildman–Crippen MR) is 72.2 cm³/mol. The number of carboxylic acids is 1. The van der Waals surface area contributed by atoms with E-state index in [1.165, 1.54) is 0 Å². The summed E-state index contributed by atoms with van der Waals surface area (Å²) < 4.78 is 38.1. The molecule has 6 heteroatoms. The van der Waals surface area contributed by atoms with Crippen molar-refractivity contribution in [3.05, 3.63) is 65.2 Å². The molecule has 2 rings (SSSR count). The molecule has 2 aromatic rings. The van der Waals surface area contributed by atoms with Crippen molar-refractivity contribution in [2.24, 2.45) is 0 Å². The summed E-state index contributed by atoms with van der Waals surface area (Å²) in [6.45, 7) is 0.239. The second-order valence-corrected chi connectivity index (χ2v) is 4.40. The van der Waals surface area contributed by atoms with Gasteiger partial charge < -0.3 is 10.4 Å². The fourth-order valence-electron chi connectivity index (χ4n) is 1.85. The maximum Gasteiger partial charge on any atom is 0.416 e. The maximum absolute atomic E-state index is 12.7. The van der Waals surface area contributed by atoms with Crippen LogP contribution in [0.2, 0.25) is 0 Å². The Kier molecular flexibility index (Phi) is 4.16. The number of alkyl halides is 3. The van der Waals surface area contributed by atoms with E-state index in [0.717, 1.165) is 23.8 Å². The Morgan fingerprint density at radius 3 is 2.33 bits per heavy atom. The Morgan fingerprint density at radius 1 is 1.10 bits per heavy atom. The summed E-state index contributed by atoms with van der Waals surface area (Å²) in [5.41, 5.74) is -0.297. The summed E-state index contributed by atoms with van der Waals surface area (Å²) in [5.74, 6) is -1.28. The van der Waals surface area contributed by atoms with Crippen molar-refractivity contribution in [1.29, 1.82) is 0 Å². The van der Waals surface area contributed by atoms with Crippen LogP contribution in [-0.4, -0.2) is 11.1 Å². The van der Waals surface area contributed by atoms with E-state index in [1.54, 1.807) is 24.3 Å². The van der Waals surface area contributed by atoms with E-state index < -0.39 is 17.7 Å². The molecule has 0 aromatic heterocycles. The van der Waals surface area contributed by atoms with Gasteiger partial charge in [-0.2, -0.15) is 13.2 Å². The Hall–Kier alpha value is -2.50. The highest BCUT2D eigenvalue weighted by molar-refractivity contribution is 5.94. The number of nitrogens with one attached hydrogen (secondary N) is 1. The van der Waals surface area contributed by atoms with Gasteiger partial charge in [0.25, 0.3) is 0 Å². The van der Waals surface area contributed by atoms with Gasteiger partial charge in [-0.15, -0.1) is 0 Å². The number of benzene rings is 2. The van der Waals surface area contributed by atoms with E-state index >= 15 is 0 Å². The number of aromatic carboxylic acids is 1. The lowest BCUT2D eigenvalue weighted by molar-refractivity contribution is -0.137. The van der Waals surface area contributed by atoms with E-state index in [9.17, 15) is 18.0 Å². The third-order valence-electron chi connectivity index (χ3n) is 2.90. The van der Waals surface area contributed by atoms with Gasteiger partial charge in [0.15, 0.2) is 0 Å². The largest absolute Gasteiger partial charge is 0.478 e. The van der Waals surface area contributed by atoms with Gasteiger partial charge in [-0.1, -0.05) is 30.3 Å². The lowest BCUT2D eigenvalue weighted by atomic mass is 10.1. The molecule has 2 N–H and O–H groups in total. The smallest absolute Gasteiger partial charge is 0.416 e. The van der Waals surface area contributed by atoms with Gasteiger partial charge in [-0.05, 0) is 23.8 Å². The Labute approximate surface area is 119 Å². The quantitative estimate of drug-likeness (QED) is 0.895. The molecular formula is C15H12F3NO2. The fraction of sp³-hybridized carbons (Fsp3) is 0.133. The van der Waals surface area contributed by atoms with E-state index in [1.807, 2.05) is 6.07 Å². The SMILES string of the molecule is O=C(O)c1ccc(C(F)(F)F)cc1NCc1ccccc1. The molecule has 0 aliphatic heterocycles. The first kappa shape index (κ1) is 14.9. The first-order chi connectivity index (χ1) is 9.88. The molecule has 0 aliphatic rings. The van der Waals surface area contributed by atoms with Gasteiger partial charge >= 0.3 is 12.1 Å². The number of carbonyl (C=O) groups is 1. The van der Waals surface area contributed by atoms with Gasteiger partial charge in [0.1, 0.15) is 0 Å². The summed E-state index contributed by atoms with van der Waals surface area (Å²) >= 11 is 0. The van der Waals surface area contributed by atoms with Gasteiger partial charge in [0, 0.05) is 12.2 Å². The molecule has 0 saturated carbocycles. The first-order valence-corrected chi connectivity index (χ1v) is 6.10. The normalized spacial score (nSPS) is 11.2. The topological polar surface area (TPSA) is 49.3 Å². The third-order valence-corrected chi connectivity index (χ3v) is 2.90. The average molecular weight is 295 g/mol. The van der Waals surface area contributed by atoms with Crippen LogP contribution in [0.4, 0.5) is 18.9 Å². The van der Waals surface area contributed by atoms with Gasteiger partial charge in [-0.25, -0.2) is 4.79 Å². The van der Waals surface area contributed by atoms with Crippen molar-refractivity contribution in [2.75, 3.05) is 5.32 Å². The van der Waals surface area contributed by atoms with Crippen LogP contribution in [0.5, 0.6) is 0 Å². The Balaban J connectivity index is 2.29. The zero-order valence-corrected chi connectivity index (χ0v) is 10.8. The van der Waals surface area contributed by atoms with Gasteiger partial charge in [0.2, 0.25) is 0 Å². The summed E-state index contributed by atoms with van der Waals surface area (Å²) in [7, 11) is 0. The number of hydrogen-bond acceptors (Lipinski definition) is 2. The molecule has 0 spiro atoms. The Bertz CT molecular complexity index is 639. The van der Waals surface area contributed by atoms with Crippen LogP contribution in [0, 0.1) is 0 Å². The lowest BCUT2D eigenvalue weighted by Gasteiger charge is -2.13. The van der Waals surface area contributed by atoms with Crippen LogP contribution in [0.25, 0.3) is 0 Å². The summed E-state index contributed by atoms with van der Waals surface area (Å²) in [6, 6.07) is 11.5. The lowest BCUT2D eigenvalue weighted by Crippen LogP contribution is -2.10. The predicted octanol–water partition coefficient (Wildman–Crippen LogP) is 4.02. The minimum atomic E-state index is -4.51. The first-order valence-electron chi connectivity index (χ1n) is 6.10. The number of halogens is 3. The molecule has 0 aliphatic carbocycles. The zero-order chi connectivity index (χ0) is 15.5. The highest BCUT2D eigenvalue weighted by atomic mass is 19.4. The van der Waals surface area contributed by atoms with Gasteiger partial charge in [0.05, 0.1) is 11.1 Å². The average Bonchev–Trinajstić information content (AvgIpc) is 2.45. The minimum absolute atomic E-state index is 0.0545. The summed E-state index contributed by atoms with van der Waals surface area (Å²) in [5, 5.41) is 11.8. The molecular weight excluding hydrogens is 283 g/mol. The van der Waals surface area contributed by atoms with Crippen LogP contribution in [0.3, 0.4) is 0 Å². The van der Waals surface area contributed by atoms with Crippen LogP contribution in [0.1, 0.15) is 21.5 Å². The summed E-state index contributed by atoms with van der Waals surface area (Å²) in [6.07, 6.45) is -4.51. The highest BCUT2D eigenvalue weighted by Crippen LogP contribution is 2.32. The monoisotopic (exact) mass is 295 g/mol. The number of carboxylic acid groups (broad SMARTS) is 1. The van der Waals surface area contributed by atoms with Crippen LogP contribution >= 0.6 is 0 Å². The highest BCUT2D eigenvalue weighted by Gasteiger charge is 2.31. The molecule has 0 fully saturated rings. The van der Waals surface area contributed by atoms with E-state index in [2.05, 4.69) is 5.32 Å². The Morgan fingerprint density at radius 2 is 1.76 bits per heavy atom. The van der Waals surface area contributed by atoms with Crippen LogP contribution in [-0.2, 0) is 12.7 Å². The number of hydrogen-bond donors (Lipinski definition) is 2. The fourth-order valence-corrected chi connectivity index (χ4v) is 1.85. The van der Waals surface area contributed by atoms with Gasteiger partial charge in [-0.3, -0.25) is 0 Å². The second kappa shape index (κ2) is 5.87. The zero-order valence-electron chi connectivity index (χ0n) is 10.8. The molecule has 0 bridgehead atoms. The molecule has 0 atom stereocenters. The van der Waals surface area contributed by atoms with Crippen LogP contribution < -0.4 is 5.32 Å². The molecule has 3 nitrogen and oxygen atoms in total. The van der Waals surface area contributed by atoms with Crippen molar-refractivity contribution in [3.63, 3.8) is 0 Å². The van der Waals surface area contributed by atoms with Crippen molar-refractivity contribution >= 4 is 11.7 Å². The number of anilines is 1. The summed E-state index contributed by atoms with van der Waals surface area (Å²) in [4.78, 5) is 11.1. The molecule has 0 unspecified atom stereocenters. The van der Waals surface area contributed by atoms with E-state index in [4.69, 9.17) is 5.11 Å². The van der Waals surface area contributed by atoms with E-state index in [0.29, 0.717) is 0 Å². The third kappa shape index (κ3) is 3.75. The molecule has 110 valence electrons. The molecule has 0 amide bonds. The van der Waals surface area contributed by atoms with Crippen LogP contribution in [0.15, 0.2) is 48.5 Å². The van der Waals surface area contributed by atoms with Crippen molar-refractivity contribution in [1.82, 2.24) is 0 Å². The minimum Gasteiger partial charge on any atom is -0.478 e. The molecule has 0 saturated heterocycles. The maximum atomic E-state index is 12.7. The molecule has 0 radical (unpaired) electrons. The van der Waals surface area contributed by atoms with Crippen molar-refractivity contribution in [3.8, 4) is 0 Å². The second-order valence-electron chi connectivity index (χ2n) is 4.40. The van der Waals surface area contributed by atoms with E-state index in [-0.39, 0.29) is 17.8 Å². The molecule has 2 aromatic carbocycles. The van der Waals surface area contributed by atoms with Crippen molar-refractivity contribution < 1.29 is 23.1 Å². The van der Waals surface area contributed by atoms with Crippen molar-refractivity contribution in [2.45, 2.75) is 12.7 Å². The molecule has 0 heterocycles. The number of rotatable bonds is 4.